The summed E-state index contributed by atoms with van der Waals surface area (Å²) in [6.07, 6.45) is 5.47. The van der Waals surface area contributed by atoms with Gasteiger partial charge in [-0.1, -0.05) is 5.16 Å². The Labute approximate surface area is 140 Å². The molecule has 1 saturated heterocycles. The van der Waals surface area contributed by atoms with E-state index in [0.717, 1.165) is 5.82 Å². The van der Waals surface area contributed by atoms with Crippen LogP contribution in [0.2, 0.25) is 0 Å². The molecule has 1 fully saturated rings. The number of aromatic nitrogens is 3. The number of hydrogen-bond acceptors (Lipinski definition) is 7. The van der Waals surface area contributed by atoms with Crippen molar-refractivity contribution in [2.24, 2.45) is 0 Å². The van der Waals surface area contributed by atoms with Crippen molar-refractivity contribution in [1.82, 2.24) is 20.0 Å². The summed E-state index contributed by atoms with van der Waals surface area (Å²) in [4.78, 5) is 24.4. The number of amides is 1. The standard InChI is InChI=1S/C16H21N5O3/c1-11-14(12(2)24-19-11)15(22)20(3)9-16(23)4-7-21(10-16)13-8-17-5-6-18-13/h5-6,8,23H,4,7,9-10H2,1-3H3. The first-order chi connectivity index (χ1) is 11.4. The van der Waals surface area contributed by atoms with Crippen LogP contribution in [0, 0.1) is 13.8 Å². The molecule has 0 bridgehead atoms. The zero-order chi connectivity index (χ0) is 17.3. The Bertz CT molecular complexity index is 713. The minimum Gasteiger partial charge on any atom is -0.386 e. The first kappa shape index (κ1) is 16.4. The van der Waals surface area contributed by atoms with Crippen LogP contribution in [0.15, 0.2) is 23.1 Å². The minimum atomic E-state index is -0.985. The van der Waals surface area contributed by atoms with Crippen LogP contribution in [0.25, 0.3) is 0 Å². The number of aliphatic hydroxyl groups is 1. The third-order valence-corrected chi connectivity index (χ3v) is 4.33. The number of carbonyl (C=O) groups excluding carboxylic acids is 1. The second-order valence-corrected chi connectivity index (χ2v) is 6.32. The molecule has 8 nitrogen and oxygen atoms in total. The summed E-state index contributed by atoms with van der Waals surface area (Å²) in [5, 5.41) is 14.7. The number of likely N-dealkylation sites (N-methyl/N-ethyl adjacent to an activating group) is 1. The molecule has 0 spiro atoms. The van der Waals surface area contributed by atoms with Gasteiger partial charge < -0.3 is 19.4 Å². The van der Waals surface area contributed by atoms with Crippen molar-refractivity contribution < 1.29 is 14.4 Å². The second-order valence-electron chi connectivity index (χ2n) is 6.32. The summed E-state index contributed by atoms with van der Waals surface area (Å²) in [5.41, 5.74) is 0.0368. The molecule has 3 heterocycles. The van der Waals surface area contributed by atoms with Gasteiger partial charge in [0.1, 0.15) is 22.7 Å². The van der Waals surface area contributed by atoms with Crippen molar-refractivity contribution in [3.63, 3.8) is 0 Å². The van der Waals surface area contributed by atoms with Crippen molar-refractivity contribution in [2.75, 3.05) is 31.6 Å². The molecule has 0 aromatic carbocycles. The fourth-order valence-corrected chi connectivity index (χ4v) is 3.13. The van der Waals surface area contributed by atoms with Gasteiger partial charge in [-0.2, -0.15) is 0 Å². The molecule has 3 rings (SSSR count). The molecule has 0 radical (unpaired) electrons. The molecule has 1 unspecified atom stereocenters. The molecule has 2 aromatic heterocycles. The molecule has 1 aliphatic rings. The largest absolute Gasteiger partial charge is 0.386 e. The van der Waals surface area contributed by atoms with Gasteiger partial charge in [-0.05, 0) is 20.3 Å². The lowest BCUT2D eigenvalue weighted by atomic mass is 10.0. The SMILES string of the molecule is Cc1noc(C)c1C(=O)N(C)CC1(O)CCN(c2cnccn2)C1. The van der Waals surface area contributed by atoms with E-state index in [9.17, 15) is 9.90 Å². The number of carbonyl (C=O) groups is 1. The highest BCUT2D eigenvalue weighted by atomic mass is 16.5. The van der Waals surface area contributed by atoms with Crippen LogP contribution in [0.4, 0.5) is 5.82 Å². The van der Waals surface area contributed by atoms with Crippen LogP contribution in [0.5, 0.6) is 0 Å². The van der Waals surface area contributed by atoms with Crippen LogP contribution < -0.4 is 4.90 Å². The third kappa shape index (κ3) is 3.09. The molecule has 24 heavy (non-hydrogen) atoms. The van der Waals surface area contributed by atoms with Crippen LogP contribution in [-0.4, -0.2) is 63.3 Å². The maximum atomic E-state index is 12.6. The van der Waals surface area contributed by atoms with E-state index in [1.54, 1.807) is 39.5 Å². The Kier molecular flexibility index (Phi) is 4.23. The van der Waals surface area contributed by atoms with Crippen LogP contribution in [-0.2, 0) is 0 Å². The monoisotopic (exact) mass is 331 g/mol. The smallest absolute Gasteiger partial charge is 0.259 e. The van der Waals surface area contributed by atoms with E-state index in [0.29, 0.717) is 36.5 Å². The number of nitrogens with zero attached hydrogens (tertiary/aromatic N) is 5. The van der Waals surface area contributed by atoms with Crippen molar-refractivity contribution in [2.45, 2.75) is 25.9 Å². The predicted octanol–water partition coefficient (Wildman–Crippen LogP) is 0.795. The average molecular weight is 331 g/mol. The highest BCUT2D eigenvalue weighted by molar-refractivity contribution is 5.96. The Morgan fingerprint density at radius 1 is 1.46 bits per heavy atom. The maximum Gasteiger partial charge on any atom is 0.259 e. The lowest BCUT2D eigenvalue weighted by molar-refractivity contribution is 0.0263. The number of rotatable bonds is 4. The molecule has 8 heteroatoms. The van der Waals surface area contributed by atoms with Crippen LogP contribution in [0.1, 0.15) is 28.2 Å². The molecular weight excluding hydrogens is 310 g/mol. The maximum absolute atomic E-state index is 12.6. The number of hydrogen-bond donors (Lipinski definition) is 1. The van der Waals surface area contributed by atoms with E-state index in [1.807, 2.05) is 4.90 Å². The van der Waals surface area contributed by atoms with Gasteiger partial charge >= 0.3 is 0 Å². The van der Waals surface area contributed by atoms with Crippen LogP contribution >= 0.6 is 0 Å². The average Bonchev–Trinajstić information content (AvgIpc) is 3.10. The van der Waals surface area contributed by atoms with E-state index >= 15 is 0 Å². The Morgan fingerprint density at radius 3 is 2.88 bits per heavy atom. The molecule has 1 aliphatic heterocycles. The first-order valence-electron chi connectivity index (χ1n) is 7.81. The zero-order valence-corrected chi connectivity index (χ0v) is 14.1. The van der Waals surface area contributed by atoms with Gasteiger partial charge in [0.2, 0.25) is 0 Å². The number of aryl methyl sites for hydroxylation is 2. The molecule has 0 aliphatic carbocycles. The van der Waals surface area contributed by atoms with Gasteiger partial charge in [0.25, 0.3) is 5.91 Å². The van der Waals surface area contributed by atoms with Crippen molar-refractivity contribution in [1.29, 1.82) is 0 Å². The van der Waals surface area contributed by atoms with E-state index in [1.165, 1.54) is 4.90 Å². The van der Waals surface area contributed by atoms with E-state index < -0.39 is 5.60 Å². The van der Waals surface area contributed by atoms with Gasteiger partial charge in [-0.15, -0.1) is 0 Å². The van der Waals surface area contributed by atoms with Crippen molar-refractivity contribution in [3.05, 3.63) is 35.6 Å². The first-order valence-corrected chi connectivity index (χ1v) is 7.81. The van der Waals surface area contributed by atoms with Gasteiger partial charge in [0.15, 0.2) is 0 Å². The summed E-state index contributed by atoms with van der Waals surface area (Å²) >= 11 is 0. The Balaban J connectivity index is 1.68. The quantitative estimate of drug-likeness (QED) is 0.885. The molecule has 1 N–H and O–H groups in total. The predicted molar refractivity (Wildman–Crippen MR) is 86.7 cm³/mol. The zero-order valence-electron chi connectivity index (χ0n) is 14.1. The van der Waals surface area contributed by atoms with Gasteiger partial charge in [-0.3, -0.25) is 9.78 Å². The number of anilines is 1. The summed E-state index contributed by atoms with van der Waals surface area (Å²) in [5.74, 6) is 1.02. The van der Waals surface area contributed by atoms with E-state index in [4.69, 9.17) is 4.52 Å². The summed E-state index contributed by atoms with van der Waals surface area (Å²) < 4.78 is 5.05. The summed E-state index contributed by atoms with van der Waals surface area (Å²) in [6.45, 7) is 4.75. The van der Waals surface area contributed by atoms with Crippen molar-refractivity contribution in [3.8, 4) is 0 Å². The van der Waals surface area contributed by atoms with E-state index in [2.05, 4.69) is 15.1 Å². The summed E-state index contributed by atoms with van der Waals surface area (Å²) in [6, 6.07) is 0. The fourth-order valence-electron chi connectivity index (χ4n) is 3.13. The van der Waals surface area contributed by atoms with Crippen molar-refractivity contribution >= 4 is 11.7 Å². The number of β-amino-alcohol motifs (C(OH)–C–C–N with tert-alkyl or cyclic N) is 1. The normalized spacial score (nSPS) is 20.4. The molecule has 1 amide bonds. The second kappa shape index (κ2) is 6.20. The highest BCUT2D eigenvalue weighted by Crippen LogP contribution is 2.26. The third-order valence-electron chi connectivity index (χ3n) is 4.33. The molecule has 1 atom stereocenters. The summed E-state index contributed by atoms with van der Waals surface area (Å²) in [7, 11) is 1.68. The van der Waals surface area contributed by atoms with Gasteiger partial charge in [0.05, 0.1) is 18.4 Å². The highest BCUT2D eigenvalue weighted by Gasteiger charge is 2.39. The molecular formula is C16H21N5O3. The molecule has 0 saturated carbocycles. The van der Waals surface area contributed by atoms with Gasteiger partial charge in [-0.25, -0.2) is 4.98 Å². The lowest BCUT2D eigenvalue weighted by Gasteiger charge is -2.29. The van der Waals surface area contributed by atoms with E-state index in [-0.39, 0.29) is 12.5 Å². The lowest BCUT2D eigenvalue weighted by Crippen LogP contribution is -2.46. The van der Waals surface area contributed by atoms with Crippen LogP contribution in [0.3, 0.4) is 0 Å². The van der Waals surface area contributed by atoms with Gasteiger partial charge in [0, 0.05) is 32.5 Å². The molecule has 128 valence electrons. The fraction of sp³-hybridized carbons (Fsp3) is 0.500. The Hall–Kier alpha value is -2.48. The Morgan fingerprint density at radius 2 is 2.25 bits per heavy atom. The minimum absolute atomic E-state index is 0.197. The topological polar surface area (TPSA) is 95.6 Å². The molecule has 2 aromatic rings.